The van der Waals surface area contributed by atoms with E-state index in [2.05, 4.69) is 22.5 Å². The van der Waals surface area contributed by atoms with Crippen LogP contribution >= 0.6 is 0 Å². The van der Waals surface area contributed by atoms with Crippen molar-refractivity contribution in [3.05, 3.63) is 29.8 Å². The molecule has 0 aromatic heterocycles. The van der Waals surface area contributed by atoms with E-state index in [1.54, 1.807) is 7.05 Å². The standard InChI is InChI=1S/C19H30N4O2/c1-4-18(24)23-12-10-16(14-23)22-19(20-3)21-11-5-13-25-17-8-6-15(2)7-9-17/h6-9,16H,4-5,10-14H2,1-3H3,(H2,20,21,22). The molecule has 1 heterocycles. The van der Waals surface area contributed by atoms with Gasteiger partial charge < -0.3 is 20.3 Å². The van der Waals surface area contributed by atoms with Gasteiger partial charge in [-0.05, 0) is 31.9 Å². The van der Waals surface area contributed by atoms with Crippen molar-refractivity contribution in [2.45, 2.75) is 39.2 Å². The molecule has 0 aliphatic carbocycles. The van der Waals surface area contributed by atoms with Crippen LogP contribution in [0.3, 0.4) is 0 Å². The summed E-state index contributed by atoms with van der Waals surface area (Å²) in [5.74, 6) is 1.91. The van der Waals surface area contributed by atoms with Crippen LogP contribution in [0.1, 0.15) is 31.7 Å². The minimum Gasteiger partial charge on any atom is -0.494 e. The lowest BCUT2D eigenvalue weighted by atomic mass is 10.2. The molecule has 1 aliphatic rings. The number of amides is 1. The van der Waals surface area contributed by atoms with Crippen molar-refractivity contribution in [3.8, 4) is 5.75 Å². The van der Waals surface area contributed by atoms with E-state index in [4.69, 9.17) is 4.74 Å². The molecule has 1 aromatic carbocycles. The Morgan fingerprint density at radius 1 is 1.36 bits per heavy atom. The van der Waals surface area contributed by atoms with Crippen LogP contribution in [0.4, 0.5) is 0 Å². The zero-order chi connectivity index (χ0) is 18.1. The Balaban J connectivity index is 1.62. The minimum atomic E-state index is 0.223. The van der Waals surface area contributed by atoms with Gasteiger partial charge in [0.1, 0.15) is 5.75 Å². The van der Waals surface area contributed by atoms with Crippen molar-refractivity contribution < 1.29 is 9.53 Å². The monoisotopic (exact) mass is 346 g/mol. The molecule has 0 saturated carbocycles. The molecule has 138 valence electrons. The number of likely N-dealkylation sites (tertiary alicyclic amines) is 1. The highest BCUT2D eigenvalue weighted by atomic mass is 16.5. The molecule has 1 amide bonds. The molecule has 0 bridgehead atoms. The molecule has 1 atom stereocenters. The molecule has 1 aliphatic heterocycles. The van der Waals surface area contributed by atoms with E-state index >= 15 is 0 Å². The van der Waals surface area contributed by atoms with Crippen molar-refractivity contribution in [3.63, 3.8) is 0 Å². The summed E-state index contributed by atoms with van der Waals surface area (Å²) in [6, 6.07) is 8.35. The summed E-state index contributed by atoms with van der Waals surface area (Å²) in [4.78, 5) is 17.9. The van der Waals surface area contributed by atoms with Crippen molar-refractivity contribution >= 4 is 11.9 Å². The van der Waals surface area contributed by atoms with Crippen LogP contribution in [0.15, 0.2) is 29.3 Å². The highest BCUT2D eigenvalue weighted by Gasteiger charge is 2.25. The maximum absolute atomic E-state index is 11.7. The molecule has 1 aromatic rings. The third-order valence-electron chi connectivity index (χ3n) is 4.31. The first kappa shape index (κ1) is 19.1. The van der Waals surface area contributed by atoms with Crippen LogP contribution < -0.4 is 15.4 Å². The van der Waals surface area contributed by atoms with Crippen LogP contribution in [0.5, 0.6) is 5.75 Å². The van der Waals surface area contributed by atoms with Crippen LogP contribution in [0.2, 0.25) is 0 Å². The highest BCUT2D eigenvalue weighted by Crippen LogP contribution is 2.11. The van der Waals surface area contributed by atoms with Crippen LogP contribution in [0, 0.1) is 6.92 Å². The van der Waals surface area contributed by atoms with E-state index in [-0.39, 0.29) is 11.9 Å². The quantitative estimate of drug-likeness (QED) is 0.450. The van der Waals surface area contributed by atoms with Gasteiger partial charge in [-0.2, -0.15) is 0 Å². The number of carbonyl (C=O) groups is 1. The Morgan fingerprint density at radius 3 is 2.80 bits per heavy atom. The predicted molar refractivity (Wildman–Crippen MR) is 101 cm³/mol. The molecule has 6 nitrogen and oxygen atoms in total. The maximum Gasteiger partial charge on any atom is 0.222 e. The lowest BCUT2D eigenvalue weighted by Crippen LogP contribution is -2.45. The van der Waals surface area contributed by atoms with E-state index in [9.17, 15) is 4.79 Å². The SMILES string of the molecule is CCC(=O)N1CCC(NC(=NC)NCCCOc2ccc(C)cc2)C1. The molecule has 2 N–H and O–H groups in total. The summed E-state index contributed by atoms with van der Waals surface area (Å²) >= 11 is 0. The molecule has 2 rings (SSSR count). The average Bonchev–Trinajstić information content (AvgIpc) is 3.10. The Bertz CT molecular complexity index is 571. The van der Waals surface area contributed by atoms with Gasteiger partial charge in [-0.25, -0.2) is 0 Å². The molecule has 1 saturated heterocycles. The molecule has 6 heteroatoms. The Kier molecular flexibility index (Phi) is 7.57. The Labute approximate surface area is 150 Å². The maximum atomic E-state index is 11.7. The molecule has 0 radical (unpaired) electrons. The number of nitrogens with zero attached hydrogens (tertiary/aromatic N) is 2. The number of hydrogen-bond donors (Lipinski definition) is 2. The topological polar surface area (TPSA) is 66.0 Å². The lowest BCUT2D eigenvalue weighted by Gasteiger charge is -2.18. The van der Waals surface area contributed by atoms with Gasteiger partial charge in [0.25, 0.3) is 0 Å². The predicted octanol–water partition coefficient (Wildman–Crippen LogP) is 1.94. The summed E-state index contributed by atoms with van der Waals surface area (Å²) in [6.45, 7) is 7.00. The first-order valence-corrected chi connectivity index (χ1v) is 9.06. The number of nitrogens with one attached hydrogen (secondary N) is 2. The van der Waals surface area contributed by atoms with Gasteiger partial charge in [-0.15, -0.1) is 0 Å². The third-order valence-corrected chi connectivity index (χ3v) is 4.31. The Morgan fingerprint density at radius 2 is 2.12 bits per heavy atom. The first-order valence-electron chi connectivity index (χ1n) is 9.06. The number of aryl methyl sites for hydroxylation is 1. The zero-order valence-electron chi connectivity index (χ0n) is 15.5. The number of hydrogen-bond acceptors (Lipinski definition) is 3. The number of carbonyl (C=O) groups excluding carboxylic acids is 1. The summed E-state index contributed by atoms with van der Waals surface area (Å²) in [5, 5.41) is 6.70. The third kappa shape index (κ3) is 6.29. The van der Waals surface area contributed by atoms with Crippen molar-refractivity contribution in [2.75, 3.05) is 33.3 Å². The second-order valence-electron chi connectivity index (χ2n) is 6.34. The summed E-state index contributed by atoms with van der Waals surface area (Å²) in [7, 11) is 1.77. The van der Waals surface area contributed by atoms with Gasteiger partial charge in [-0.1, -0.05) is 24.6 Å². The molecule has 1 unspecified atom stereocenters. The van der Waals surface area contributed by atoms with Gasteiger partial charge in [-0.3, -0.25) is 9.79 Å². The van der Waals surface area contributed by atoms with E-state index in [0.29, 0.717) is 13.0 Å². The first-order chi connectivity index (χ1) is 12.1. The lowest BCUT2D eigenvalue weighted by molar-refractivity contribution is -0.129. The van der Waals surface area contributed by atoms with Gasteiger partial charge in [0, 0.05) is 39.1 Å². The number of rotatable bonds is 7. The van der Waals surface area contributed by atoms with Gasteiger partial charge in [0.15, 0.2) is 5.96 Å². The van der Waals surface area contributed by atoms with Gasteiger partial charge >= 0.3 is 0 Å². The van der Waals surface area contributed by atoms with Crippen LogP contribution in [0.25, 0.3) is 0 Å². The second-order valence-corrected chi connectivity index (χ2v) is 6.34. The molecule has 25 heavy (non-hydrogen) atoms. The molecule has 1 fully saturated rings. The van der Waals surface area contributed by atoms with E-state index < -0.39 is 0 Å². The van der Waals surface area contributed by atoms with Crippen molar-refractivity contribution in [2.24, 2.45) is 4.99 Å². The number of aliphatic imine (C=N–C) groups is 1. The van der Waals surface area contributed by atoms with E-state index in [1.807, 2.05) is 36.1 Å². The van der Waals surface area contributed by atoms with Gasteiger partial charge in [0.05, 0.1) is 6.61 Å². The van der Waals surface area contributed by atoms with E-state index in [1.165, 1.54) is 5.56 Å². The molecular formula is C19H30N4O2. The average molecular weight is 346 g/mol. The number of ether oxygens (including phenoxy) is 1. The number of benzene rings is 1. The second kappa shape index (κ2) is 9.91. The molecular weight excluding hydrogens is 316 g/mol. The van der Waals surface area contributed by atoms with E-state index in [0.717, 1.165) is 44.2 Å². The minimum absolute atomic E-state index is 0.223. The molecule has 0 spiro atoms. The van der Waals surface area contributed by atoms with Gasteiger partial charge in [0.2, 0.25) is 5.91 Å². The van der Waals surface area contributed by atoms with Crippen LogP contribution in [-0.4, -0.2) is 56.1 Å². The summed E-state index contributed by atoms with van der Waals surface area (Å²) in [5.41, 5.74) is 1.23. The number of guanidine groups is 1. The zero-order valence-corrected chi connectivity index (χ0v) is 15.5. The Hall–Kier alpha value is -2.24. The normalized spacial score (nSPS) is 17.5. The fourth-order valence-corrected chi connectivity index (χ4v) is 2.82. The van der Waals surface area contributed by atoms with Crippen molar-refractivity contribution in [1.82, 2.24) is 15.5 Å². The highest BCUT2D eigenvalue weighted by molar-refractivity contribution is 5.80. The van der Waals surface area contributed by atoms with Crippen LogP contribution in [-0.2, 0) is 4.79 Å². The fraction of sp³-hybridized carbons (Fsp3) is 0.579. The smallest absolute Gasteiger partial charge is 0.222 e. The summed E-state index contributed by atoms with van der Waals surface area (Å²) < 4.78 is 5.72. The largest absolute Gasteiger partial charge is 0.494 e. The van der Waals surface area contributed by atoms with Crippen molar-refractivity contribution in [1.29, 1.82) is 0 Å². The summed E-state index contributed by atoms with van der Waals surface area (Å²) in [6.07, 6.45) is 2.42. The fourth-order valence-electron chi connectivity index (χ4n) is 2.82.